The summed E-state index contributed by atoms with van der Waals surface area (Å²) in [6, 6.07) is 9.24. The molecule has 0 radical (unpaired) electrons. The van der Waals surface area contributed by atoms with Crippen LogP contribution in [-0.2, 0) is 4.79 Å². The number of hydrogen-bond donors (Lipinski definition) is 4. The van der Waals surface area contributed by atoms with Crippen molar-refractivity contribution in [2.24, 2.45) is 11.5 Å². The maximum absolute atomic E-state index is 11.6. The summed E-state index contributed by atoms with van der Waals surface area (Å²) in [6.45, 7) is -0.105. The lowest BCUT2D eigenvalue weighted by Crippen LogP contribution is -2.23. The van der Waals surface area contributed by atoms with Crippen LogP contribution in [0.1, 0.15) is 10.5 Å². The molecule has 2 amide bonds. The van der Waals surface area contributed by atoms with Gasteiger partial charge in [-0.3, -0.25) is 14.6 Å². The van der Waals surface area contributed by atoms with E-state index < -0.39 is 11.8 Å². The number of benzene rings is 1. The van der Waals surface area contributed by atoms with Crippen LogP contribution in [0.5, 0.6) is 0 Å². The van der Waals surface area contributed by atoms with Crippen LogP contribution in [0, 0.1) is 0 Å². The van der Waals surface area contributed by atoms with Gasteiger partial charge in [0.15, 0.2) is 11.5 Å². The number of carbonyl (C=O) groups excluding carboxylic acids is 2. The van der Waals surface area contributed by atoms with Crippen LogP contribution in [0.4, 0.5) is 17.3 Å². The van der Waals surface area contributed by atoms with Crippen molar-refractivity contribution < 1.29 is 9.59 Å². The smallest absolute Gasteiger partial charge is 0.271 e. The molecule has 2 aromatic heterocycles. The molecule has 2 heterocycles. The lowest BCUT2D eigenvalue weighted by Gasteiger charge is -2.11. The Kier molecular flexibility index (Phi) is 4.38. The zero-order chi connectivity index (χ0) is 17.8. The molecule has 1 aromatic carbocycles. The van der Waals surface area contributed by atoms with E-state index in [4.69, 9.17) is 11.5 Å². The summed E-state index contributed by atoms with van der Waals surface area (Å²) in [5.41, 5.74) is 11.9. The molecule has 9 nitrogen and oxygen atoms in total. The molecule has 25 heavy (non-hydrogen) atoms. The molecular weight excluding hydrogens is 322 g/mol. The van der Waals surface area contributed by atoms with E-state index in [1.54, 1.807) is 12.3 Å². The topological polar surface area (TPSA) is 149 Å². The van der Waals surface area contributed by atoms with Crippen LogP contribution in [0.25, 0.3) is 10.9 Å². The van der Waals surface area contributed by atoms with Crippen molar-refractivity contribution >= 4 is 40.0 Å². The van der Waals surface area contributed by atoms with Gasteiger partial charge in [-0.25, -0.2) is 9.97 Å². The number of primary amides is 2. The molecule has 0 bridgehead atoms. The first kappa shape index (κ1) is 16.1. The van der Waals surface area contributed by atoms with Gasteiger partial charge in [-0.05, 0) is 24.3 Å². The van der Waals surface area contributed by atoms with E-state index in [0.717, 1.165) is 10.9 Å². The van der Waals surface area contributed by atoms with E-state index in [1.165, 1.54) is 6.20 Å². The van der Waals surface area contributed by atoms with Crippen LogP contribution in [0.2, 0.25) is 0 Å². The monoisotopic (exact) mass is 337 g/mol. The zero-order valence-corrected chi connectivity index (χ0v) is 13.1. The molecule has 9 heteroatoms. The van der Waals surface area contributed by atoms with Crippen LogP contribution >= 0.6 is 0 Å². The Hall–Kier alpha value is -3.75. The Balaban J connectivity index is 1.93. The average Bonchev–Trinajstić information content (AvgIpc) is 2.59. The van der Waals surface area contributed by atoms with Crippen molar-refractivity contribution in [1.29, 1.82) is 0 Å². The largest absolute Gasteiger partial charge is 0.368 e. The second-order valence-corrected chi connectivity index (χ2v) is 5.17. The van der Waals surface area contributed by atoms with Gasteiger partial charge < -0.3 is 22.1 Å². The predicted molar refractivity (Wildman–Crippen MR) is 93.3 cm³/mol. The fourth-order valence-corrected chi connectivity index (χ4v) is 2.21. The Labute approximate surface area is 142 Å². The highest BCUT2D eigenvalue weighted by Gasteiger charge is 2.13. The first-order valence-electron chi connectivity index (χ1n) is 7.34. The van der Waals surface area contributed by atoms with E-state index in [0.29, 0.717) is 5.69 Å². The second kappa shape index (κ2) is 6.79. The first-order valence-corrected chi connectivity index (χ1v) is 7.34. The van der Waals surface area contributed by atoms with Gasteiger partial charge in [0.2, 0.25) is 5.91 Å². The molecular formula is C16H15N7O2. The van der Waals surface area contributed by atoms with Crippen molar-refractivity contribution in [2.75, 3.05) is 17.2 Å². The molecule has 0 fully saturated rings. The number of carbonyl (C=O) groups is 2. The Morgan fingerprint density at radius 1 is 1.12 bits per heavy atom. The summed E-state index contributed by atoms with van der Waals surface area (Å²) in [4.78, 5) is 34.9. The Morgan fingerprint density at radius 2 is 1.96 bits per heavy atom. The van der Waals surface area contributed by atoms with Crippen molar-refractivity contribution in [2.45, 2.75) is 0 Å². The van der Waals surface area contributed by atoms with Gasteiger partial charge in [-0.1, -0.05) is 6.07 Å². The molecule has 0 spiro atoms. The zero-order valence-electron chi connectivity index (χ0n) is 13.1. The summed E-state index contributed by atoms with van der Waals surface area (Å²) in [5, 5.41) is 6.65. The Bertz CT molecular complexity index is 958. The van der Waals surface area contributed by atoms with Crippen molar-refractivity contribution in [3.05, 3.63) is 48.4 Å². The maximum atomic E-state index is 11.6. The van der Waals surface area contributed by atoms with E-state index >= 15 is 0 Å². The highest BCUT2D eigenvalue weighted by molar-refractivity contribution is 5.96. The van der Waals surface area contributed by atoms with Crippen molar-refractivity contribution in [1.82, 2.24) is 15.0 Å². The van der Waals surface area contributed by atoms with Gasteiger partial charge in [-0.15, -0.1) is 0 Å². The van der Waals surface area contributed by atoms with Gasteiger partial charge in [-0.2, -0.15) is 0 Å². The fourth-order valence-electron chi connectivity index (χ4n) is 2.21. The molecule has 0 aliphatic rings. The molecule has 0 saturated heterocycles. The highest BCUT2D eigenvalue weighted by Crippen LogP contribution is 2.22. The first-order chi connectivity index (χ1) is 12.0. The van der Waals surface area contributed by atoms with E-state index in [1.807, 2.05) is 24.3 Å². The number of aromatic nitrogens is 3. The number of pyridine rings is 1. The normalized spacial score (nSPS) is 10.4. The van der Waals surface area contributed by atoms with Crippen molar-refractivity contribution in [3.63, 3.8) is 0 Å². The third kappa shape index (κ3) is 3.78. The Morgan fingerprint density at radius 3 is 2.72 bits per heavy atom. The molecule has 0 saturated carbocycles. The molecule has 0 aliphatic heterocycles. The number of rotatable bonds is 6. The number of nitrogens with two attached hydrogens (primary N) is 2. The summed E-state index contributed by atoms with van der Waals surface area (Å²) >= 11 is 0. The lowest BCUT2D eigenvalue weighted by molar-refractivity contribution is -0.116. The third-order valence-electron chi connectivity index (χ3n) is 3.32. The SMILES string of the molecule is NC(=O)CNc1cnc(C(N)=O)c(Nc2ccc3ncccc3c2)n1. The number of nitrogens with zero attached hydrogens (tertiary/aromatic N) is 3. The minimum absolute atomic E-state index is 0.0177. The molecule has 3 aromatic rings. The molecule has 0 aliphatic carbocycles. The maximum Gasteiger partial charge on any atom is 0.271 e. The van der Waals surface area contributed by atoms with Crippen LogP contribution in [-0.4, -0.2) is 33.3 Å². The summed E-state index contributed by atoms with van der Waals surface area (Å²) < 4.78 is 0. The lowest BCUT2D eigenvalue weighted by atomic mass is 10.2. The van der Waals surface area contributed by atoms with Crippen molar-refractivity contribution in [3.8, 4) is 0 Å². The number of fused-ring (bicyclic) bond motifs is 1. The second-order valence-electron chi connectivity index (χ2n) is 5.17. The fraction of sp³-hybridized carbons (Fsp3) is 0.0625. The summed E-state index contributed by atoms with van der Waals surface area (Å²) in [5.74, 6) is -0.810. The molecule has 3 rings (SSSR count). The number of amides is 2. The number of hydrogen-bond acceptors (Lipinski definition) is 7. The summed E-state index contributed by atoms with van der Waals surface area (Å²) in [6.07, 6.45) is 3.01. The third-order valence-corrected chi connectivity index (χ3v) is 3.32. The number of nitrogens with one attached hydrogen (secondary N) is 2. The predicted octanol–water partition coefficient (Wildman–Crippen LogP) is 0.764. The minimum atomic E-state index is -0.723. The van der Waals surface area contributed by atoms with Gasteiger partial charge in [0, 0.05) is 17.3 Å². The molecule has 126 valence electrons. The summed E-state index contributed by atoms with van der Waals surface area (Å²) in [7, 11) is 0. The van der Waals surface area contributed by atoms with Crippen LogP contribution < -0.4 is 22.1 Å². The molecule has 6 N–H and O–H groups in total. The standard InChI is InChI=1S/C16H15N7O2/c17-12(24)7-20-13-8-21-14(15(18)25)16(23-13)22-10-3-4-11-9(6-10)2-1-5-19-11/h1-6,8H,7H2,(H2,17,24)(H2,18,25)(H2,20,22,23). The van der Waals surface area contributed by atoms with Crippen LogP contribution in [0.3, 0.4) is 0 Å². The number of anilines is 3. The molecule has 0 unspecified atom stereocenters. The van der Waals surface area contributed by atoms with Gasteiger partial charge in [0.1, 0.15) is 5.82 Å². The molecule has 0 atom stereocenters. The minimum Gasteiger partial charge on any atom is -0.368 e. The highest BCUT2D eigenvalue weighted by atomic mass is 16.1. The van der Waals surface area contributed by atoms with E-state index in [-0.39, 0.29) is 23.9 Å². The van der Waals surface area contributed by atoms with E-state index in [2.05, 4.69) is 25.6 Å². The van der Waals surface area contributed by atoms with Crippen LogP contribution in [0.15, 0.2) is 42.7 Å². The van der Waals surface area contributed by atoms with Gasteiger partial charge >= 0.3 is 0 Å². The quantitative estimate of drug-likeness (QED) is 0.519. The van der Waals surface area contributed by atoms with E-state index in [9.17, 15) is 9.59 Å². The van der Waals surface area contributed by atoms with Gasteiger partial charge in [0.25, 0.3) is 5.91 Å². The average molecular weight is 337 g/mol. The van der Waals surface area contributed by atoms with Gasteiger partial charge in [0.05, 0.1) is 18.3 Å².